The molecule has 0 aliphatic carbocycles. The van der Waals surface area contributed by atoms with Crippen LogP contribution in [-0.4, -0.2) is 46.7 Å². The summed E-state index contributed by atoms with van der Waals surface area (Å²) < 4.78 is 0. The third-order valence-electron chi connectivity index (χ3n) is 2.93. The van der Waals surface area contributed by atoms with Crippen molar-refractivity contribution in [3.05, 3.63) is 39.6 Å². The van der Waals surface area contributed by atoms with E-state index in [9.17, 15) is 9.59 Å². The van der Waals surface area contributed by atoms with Crippen LogP contribution in [0.3, 0.4) is 0 Å². The molecular formula is C15H14N2O4S2. The van der Waals surface area contributed by atoms with Crippen molar-refractivity contribution in [3.63, 3.8) is 0 Å². The van der Waals surface area contributed by atoms with E-state index in [1.807, 2.05) is 6.07 Å². The van der Waals surface area contributed by atoms with Crippen molar-refractivity contribution in [2.45, 2.75) is 0 Å². The van der Waals surface area contributed by atoms with Gasteiger partial charge in [-0.1, -0.05) is 0 Å². The van der Waals surface area contributed by atoms with Crippen LogP contribution in [-0.2, 0) is 9.59 Å². The van der Waals surface area contributed by atoms with Crippen LogP contribution in [0, 0.1) is 11.3 Å². The number of hydrogen-bond acceptors (Lipinski definition) is 7. The van der Waals surface area contributed by atoms with Crippen LogP contribution in [0.25, 0.3) is 0 Å². The smallest absolute Gasteiger partial charge is 0.273 e. The van der Waals surface area contributed by atoms with Crippen molar-refractivity contribution < 1.29 is 19.8 Å². The molecule has 0 fully saturated rings. The number of nitriles is 1. The summed E-state index contributed by atoms with van der Waals surface area (Å²) in [6.45, 7) is -0.213. The Hall–Kier alpha value is -1.79. The minimum atomic E-state index is -0.446. The number of hydrogen-bond donors (Lipinski definition) is 2. The molecule has 1 heterocycles. The predicted molar refractivity (Wildman–Crippen MR) is 89.8 cm³/mol. The van der Waals surface area contributed by atoms with Crippen LogP contribution in [0.2, 0.25) is 0 Å². The number of carbonyl (C=O) groups is 2. The summed E-state index contributed by atoms with van der Waals surface area (Å²) in [5.41, 5.74) is 0.825. The van der Waals surface area contributed by atoms with Crippen LogP contribution >= 0.6 is 23.5 Å². The quantitative estimate of drug-likeness (QED) is 0.710. The van der Waals surface area contributed by atoms with Gasteiger partial charge in [-0.15, -0.1) is 23.5 Å². The fourth-order valence-electron chi connectivity index (χ4n) is 1.96. The maximum absolute atomic E-state index is 12.6. The van der Waals surface area contributed by atoms with E-state index < -0.39 is 11.8 Å². The molecule has 0 atom stereocenters. The summed E-state index contributed by atoms with van der Waals surface area (Å²) >= 11 is 2.25. The number of thioether (sulfide) groups is 2. The molecule has 0 spiro atoms. The highest BCUT2D eigenvalue weighted by Crippen LogP contribution is 2.38. The molecule has 0 bridgehead atoms. The Morgan fingerprint density at radius 3 is 1.83 bits per heavy atom. The van der Waals surface area contributed by atoms with Gasteiger partial charge in [0.15, 0.2) is 0 Å². The molecule has 8 heteroatoms. The van der Waals surface area contributed by atoms with E-state index in [0.717, 1.165) is 28.4 Å². The van der Waals surface area contributed by atoms with Gasteiger partial charge in [-0.25, -0.2) is 4.90 Å². The van der Waals surface area contributed by atoms with Gasteiger partial charge in [-0.05, 0) is 24.3 Å². The summed E-state index contributed by atoms with van der Waals surface area (Å²) in [5.74, 6) is -0.283. The number of anilines is 1. The summed E-state index contributed by atoms with van der Waals surface area (Å²) in [4.78, 5) is 26.7. The fraction of sp³-hybridized carbons (Fsp3) is 0.267. The van der Waals surface area contributed by atoms with E-state index in [1.54, 1.807) is 12.1 Å². The average molecular weight is 350 g/mol. The number of nitrogens with zero attached hydrogens (tertiary/aromatic N) is 2. The second-order valence-corrected chi connectivity index (χ2v) is 6.62. The predicted octanol–water partition coefficient (Wildman–Crippen LogP) is 1.09. The van der Waals surface area contributed by atoms with E-state index in [1.165, 1.54) is 12.1 Å². The first-order chi connectivity index (χ1) is 11.1. The number of imide groups is 1. The van der Waals surface area contributed by atoms with Gasteiger partial charge < -0.3 is 10.2 Å². The molecule has 0 aromatic heterocycles. The van der Waals surface area contributed by atoms with Gasteiger partial charge in [0.25, 0.3) is 11.8 Å². The molecule has 120 valence electrons. The largest absolute Gasteiger partial charge is 0.396 e. The van der Waals surface area contributed by atoms with Gasteiger partial charge >= 0.3 is 0 Å². The van der Waals surface area contributed by atoms with Crippen LogP contribution in [0.1, 0.15) is 5.56 Å². The van der Waals surface area contributed by atoms with E-state index in [-0.39, 0.29) is 23.0 Å². The van der Waals surface area contributed by atoms with Crippen LogP contribution in [0.15, 0.2) is 34.1 Å². The number of aliphatic hydroxyl groups excluding tert-OH is 2. The van der Waals surface area contributed by atoms with Crippen molar-refractivity contribution in [3.8, 4) is 6.07 Å². The lowest BCUT2D eigenvalue weighted by atomic mass is 10.2. The molecule has 2 N–H and O–H groups in total. The molecule has 0 radical (unpaired) electrons. The Morgan fingerprint density at radius 1 is 0.957 bits per heavy atom. The summed E-state index contributed by atoms with van der Waals surface area (Å²) in [7, 11) is 0. The zero-order chi connectivity index (χ0) is 16.8. The maximum Gasteiger partial charge on any atom is 0.273 e. The topological polar surface area (TPSA) is 102 Å². The molecular weight excluding hydrogens is 336 g/mol. The van der Waals surface area contributed by atoms with E-state index in [2.05, 4.69) is 0 Å². The second kappa shape index (κ2) is 8.17. The summed E-state index contributed by atoms with van der Waals surface area (Å²) in [6.07, 6.45) is 0. The second-order valence-electron chi connectivity index (χ2n) is 4.41. The van der Waals surface area contributed by atoms with Gasteiger partial charge in [-0.2, -0.15) is 5.26 Å². The molecule has 0 unspecified atom stereocenters. The minimum Gasteiger partial charge on any atom is -0.396 e. The highest BCUT2D eigenvalue weighted by atomic mass is 32.2. The lowest BCUT2D eigenvalue weighted by Gasteiger charge is -2.14. The molecule has 2 rings (SSSR count). The zero-order valence-corrected chi connectivity index (χ0v) is 13.7. The molecule has 23 heavy (non-hydrogen) atoms. The Labute approximate surface area is 141 Å². The van der Waals surface area contributed by atoms with Crippen molar-refractivity contribution >= 4 is 41.0 Å². The molecule has 2 amide bonds. The highest BCUT2D eigenvalue weighted by Gasteiger charge is 2.39. The third kappa shape index (κ3) is 3.76. The number of aliphatic hydroxyl groups is 2. The number of benzene rings is 1. The normalized spacial score (nSPS) is 14.6. The molecule has 0 saturated heterocycles. The first kappa shape index (κ1) is 17.6. The van der Waals surface area contributed by atoms with Crippen molar-refractivity contribution in [1.29, 1.82) is 5.26 Å². The molecule has 6 nitrogen and oxygen atoms in total. The van der Waals surface area contributed by atoms with Gasteiger partial charge in [-0.3, -0.25) is 9.59 Å². The Balaban J connectivity index is 2.32. The Kier molecular flexibility index (Phi) is 6.24. The van der Waals surface area contributed by atoms with Gasteiger partial charge in [0, 0.05) is 11.5 Å². The molecule has 1 aromatic carbocycles. The maximum atomic E-state index is 12.6. The van der Waals surface area contributed by atoms with Crippen molar-refractivity contribution in [2.24, 2.45) is 0 Å². The number of amides is 2. The van der Waals surface area contributed by atoms with Gasteiger partial charge in [0.1, 0.15) is 0 Å². The fourth-order valence-corrected chi connectivity index (χ4v) is 3.77. The summed E-state index contributed by atoms with van der Waals surface area (Å²) in [6, 6.07) is 8.14. The van der Waals surface area contributed by atoms with Crippen LogP contribution < -0.4 is 4.90 Å². The first-order valence-corrected chi connectivity index (χ1v) is 8.71. The van der Waals surface area contributed by atoms with E-state index in [4.69, 9.17) is 15.5 Å². The minimum absolute atomic E-state index is 0.107. The Bertz CT molecular complexity index is 650. The van der Waals surface area contributed by atoms with E-state index in [0.29, 0.717) is 22.8 Å². The van der Waals surface area contributed by atoms with Crippen molar-refractivity contribution in [1.82, 2.24) is 0 Å². The average Bonchev–Trinajstić information content (AvgIpc) is 2.81. The number of carbonyl (C=O) groups excluding carboxylic acids is 2. The lowest BCUT2D eigenvalue weighted by molar-refractivity contribution is -0.120. The van der Waals surface area contributed by atoms with Crippen molar-refractivity contribution in [2.75, 3.05) is 29.6 Å². The van der Waals surface area contributed by atoms with Crippen LogP contribution in [0.5, 0.6) is 0 Å². The third-order valence-corrected chi connectivity index (χ3v) is 5.17. The monoisotopic (exact) mass is 350 g/mol. The molecule has 1 aliphatic rings. The highest BCUT2D eigenvalue weighted by molar-refractivity contribution is 8.08. The van der Waals surface area contributed by atoms with E-state index >= 15 is 0 Å². The molecule has 1 aliphatic heterocycles. The first-order valence-electron chi connectivity index (χ1n) is 6.74. The Morgan fingerprint density at radius 2 is 1.43 bits per heavy atom. The molecule has 1 aromatic rings. The zero-order valence-electron chi connectivity index (χ0n) is 12.1. The molecule has 0 saturated carbocycles. The number of rotatable bonds is 7. The van der Waals surface area contributed by atoms with Gasteiger partial charge in [0.2, 0.25) is 0 Å². The summed E-state index contributed by atoms with van der Waals surface area (Å²) in [5, 5.41) is 26.7. The standard InChI is InChI=1S/C15H14N2O4S2/c16-9-10-1-3-11(4-2-10)17-14(20)12(22-7-5-18)13(15(17)21)23-8-6-19/h1-4,18-19H,5-8H2. The SMILES string of the molecule is N#Cc1ccc(N2C(=O)C(SCCO)=C(SCCO)C2=O)cc1. The van der Waals surface area contributed by atoms with Gasteiger partial charge in [0.05, 0.1) is 40.3 Å². The van der Waals surface area contributed by atoms with Crippen LogP contribution in [0.4, 0.5) is 5.69 Å². The lowest BCUT2D eigenvalue weighted by Crippen LogP contribution is -2.31.